The fourth-order valence-corrected chi connectivity index (χ4v) is 6.23. The molecule has 10 heteroatoms. The smallest absolute Gasteiger partial charge is 0.251 e. The SMILES string of the molecule is CC1CCc2c(sc(NC(=O)CSc3nnnn3C3CCCC3)c2C(N)=O)C1. The highest BCUT2D eigenvalue weighted by molar-refractivity contribution is 7.99. The number of rotatable bonds is 6. The molecule has 4 rings (SSSR count). The third-order valence-electron chi connectivity index (χ3n) is 5.48. The van der Waals surface area contributed by atoms with E-state index in [4.69, 9.17) is 5.73 Å². The lowest BCUT2D eigenvalue weighted by Crippen LogP contribution is -2.20. The molecule has 28 heavy (non-hydrogen) atoms. The molecule has 0 spiro atoms. The summed E-state index contributed by atoms with van der Waals surface area (Å²) in [5.74, 6) is 0.116. The summed E-state index contributed by atoms with van der Waals surface area (Å²) in [6.45, 7) is 2.20. The zero-order valence-corrected chi connectivity index (χ0v) is 17.4. The second-order valence-corrected chi connectivity index (χ2v) is 9.65. The van der Waals surface area contributed by atoms with Crippen LogP contribution in [0.3, 0.4) is 0 Å². The van der Waals surface area contributed by atoms with Crippen LogP contribution >= 0.6 is 23.1 Å². The number of nitrogens with zero attached hydrogens (tertiary/aromatic N) is 4. The Morgan fingerprint density at radius 2 is 2.11 bits per heavy atom. The number of anilines is 1. The van der Waals surface area contributed by atoms with Crippen LogP contribution < -0.4 is 11.1 Å². The van der Waals surface area contributed by atoms with Crippen molar-refractivity contribution in [3.63, 3.8) is 0 Å². The van der Waals surface area contributed by atoms with Crippen LogP contribution in [0.4, 0.5) is 5.00 Å². The van der Waals surface area contributed by atoms with Gasteiger partial charge in [0.2, 0.25) is 11.1 Å². The number of carbonyl (C=O) groups excluding carboxylic acids is 2. The monoisotopic (exact) mass is 420 g/mol. The Morgan fingerprint density at radius 1 is 1.32 bits per heavy atom. The van der Waals surface area contributed by atoms with Crippen molar-refractivity contribution >= 4 is 39.9 Å². The normalized spacial score (nSPS) is 19.5. The van der Waals surface area contributed by atoms with Crippen molar-refractivity contribution in [2.45, 2.75) is 63.1 Å². The second-order valence-electron chi connectivity index (χ2n) is 7.60. The quantitative estimate of drug-likeness (QED) is 0.694. The van der Waals surface area contributed by atoms with Gasteiger partial charge >= 0.3 is 0 Å². The molecule has 8 nitrogen and oxygen atoms in total. The van der Waals surface area contributed by atoms with Crippen molar-refractivity contribution in [3.8, 4) is 0 Å². The number of tetrazole rings is 1. The number of thiophene rings is 1. The number of hydrogen-bond acceptors (Lipinski definition) is 7. The minimum absolute atomic E-state index is 0.180. The van der Waals surface area contributed by atoms with Crippen molar-refractivity contribution < 1.29 is 9.59 Å². The van der Waals surface area contributed by atoms with Crippen LogP contribution in [0.5, 0.6) is 0 Å². The first-order valence-corrected chi connectivity index (χ1v) is 11.5. The molecule has 2 aliphatic rings. The molecule has 2 aromatic rings. The minimum Gasteiger partial charge on any atom is -0.365 e. The molecule has 2 heterocycles. The second kappa shape index (κ2) is 8.20. The predicted molar refractivity (Wildman–Crippen MR) is 109 cm³/mol. The first-order chi connectivity index (χ1) is 13.5. The highest BCUT2D eigenvalue weighted by Gasteiger charge is 2.27. The number of fused-ring (bicyclic) bond motifs is 1. The summed E-state index contributed by atoms with van der Waals surface area (Å²) < 4.78 is 1.84. The number of aromatic nitrogens is 4. The Kier molecular flexibility index (Phi) is 5.68. The molecule has 1 atom stereocenters. The van der Waals surface area contributed by atoms with Gasteiger partial charge in [-0.05, 0) is 54.0 Å². The average Bonchev–Trinajstić information content (AvgIpc) is 3.38. The first kappa shape index (κ1) is 19.4. The minimum atomic E-state index is -0.472. The van der Waals surface area contributed by atoms with Gasteiger partial charge in [0.25, 0.3) is 5.91 Å². The lowest BCUT2D eigenvalue weighted by molar-refractivity contribution is -0.113. The Labute approximate surface area is 171 Å². The molecule has 1 saturated carbocycles. The molecule has 2 aromatic heterocycles. The Bertz CT molecular complexity index is 887. The van der Waals surface area contributed by atoms with Crippen LogP contribution in [0.2, 0.25) is 0 Å². The standard InChI is InChI=1S/C18H24N6O2S2/c1-10-6-7-12-13(8-10)28-17(15(12)16(19)26)20-14(25)9-27-18-21-22-23-24(18)11-4-2-3-5-11/h10-11H,2-9H2,1H3,(H2,19,26)(H,20,25). The van der Waals surface area contributed by atoms with Gasteiger partial charge in [0, 0.05) is 4.88 Å². The van der Waals surface area contributed by atoms with Crippen LogP contribution in [-0.2, 0) is 17.6 Å². The first-order valence-electron chi connectivity index (χ1n) is 9.67. The topological polar surface area (TPSA) is 116 Å². The largest absolute Gasteiger partial charge is 0.365 e. The van der Waals surface area contributed by atoms with Crippen LogP contribution in [0.25, 0.3) is 0 Å². The van der Waals surface area contributed by atoms with Crippen LogP contribution in [0, 0.1) is 5.92 Å². The van der Waals surface area contributed by atoms with Gasteiger partial charge < -0.3 is 11.1 Å². The van der Waals surface area contributed by atoms with Crippen LogP contribution in [0.1, 0.15) is 65.9 Å². The Hall–Kier alpha value is -1.94. The summed E-state index contributed by atoms with van der Waals surface area (Å²) in [4.78, 5) is 25.7. The van der Waals surface area contributed by atoms with E-state index in [1.807, 2.05) is 4.68 Å². The Morgan fingerprint density at radius 3 is 2.86 bits per heavy atom. The number of nitrogens with two attached hydrogens (primary N) is 1. The van der Waals surface area contributed by atoms with Crippen LogP contribution in [0.15, 0.2) is 5.16 Å². The van der Waals surface area contributed by atoms with Gasteiger partial charge in [0.05, 0.1) is 17.4 Å². The third kappa shape index (κ3) is 3.93. The van der Waals surface area contributed by atoms with E-state index in [-0.39, 0.29) is 11.7 Å². The molecule has 0 bridgehead atoms. The van der Waals surface area contributed by atoms with Gasteiger partial charge in [-0.3, -0.25) is 9.59 Å². The maximum atomic E-state index is 12.5. The third-order valence-corrected chi connectivity index (χ3v) is 7.58. The molecule has 0 aromatic carbocycles. The van der Waals surface area contributed by atoms with Crippen molar-refractivity contribution in [2.24, 2.45) is 11.7 Å². The lowest BCUT2D eigenvalue weighted by atomic mass is 9.88. The number of amides is 2. The van der Waals surface area contributed by atoms with Gasteiger partial charge in [-0.15, -0.1) is 16.4 Å². The highest BCUT2D eigenvalue weighted by Crippen LogP contribution is 2.39. The fourth-order valence-electron chi connectivity index (χ4n) is 4.05. The van der Waals surface area contributed by atoms with Gasteiger partial charge in [-0.25, -0.2) is 4.68 Å². The average molecular weight is 421 g/mol. The fraction of sp³-hybridized carbons (Fsp3) is 0.611. The number of primary amides is 1. The maximum Gasteiger partial charge on any atom is 0.251 e. The number of nitrogens with one attached hydrogen (secondary N) is 1. The van der Waals surface area contributed by atoms with E-state index in [1.165, 1.54) is 40.8 Å². The molecule has 150 valence electrons. The summed E-state index contributed by atoms with van der Waals surface area (Å²) in [6.07, 6.45) is 7.33. The van der Waals surface area contributed by atoms with E-state index in [9.17, 15) is 9.59 Å². The van der Waals surface area contributed by atoms with E-state index >= 15 is 0 Å². The van der Waals surface area contributed by atoms with Crippen molar-refractivity contribution in [1.29, 1.82) is 0 Å². The predicted octanol–water partition coefficient (Wildman–Crippen LogP) is 2.80. The number of hydrogen-bond donors (Lipinski definition) is 2. The van der Waals surface area contributed by atoms with Gasteiger partial charge in [0.1, 0.15) is 5.00 Å². The van der Waals surface area contributed by atoms with Crippen LogP contribution in [-0.4, -0.2) is 37.8 Å². The van der Waals surface area contributed by atoms with E-state index in [1.54, 1.807) is 0 Å². The summed E-state index contributed by atoms with van der Waals surface area (Å²) in [6, 6.07) is 0.327. The van der Waals surface area contributed by atoms with Crippen molar-refractivity contribution in [1.82, 2.24) is 20.2 Å². The van der Waals surface area contributed by atoms with E-state index < -0.39 is 5.91 Å². The summed E-state index contributed by atoms with van der Waals surface area (Å²) >= 11 is 2.80. The maximum absolute atomic E-state index is 12.5. The molecule has 2 amide bonds. The highest BCUT2D eigenvalue weighted by atomic mass is 32.2. The molecule has 0 aliphatic heterocycles. The van der Waals surface area contributed by atoms with E-state index in [0.29, 0.717) is 27.7 Å². The van der Waals surface area contributed by atoms with Crippen molar-refractivity contribution in [3.05, 3.63) is 16.0 Å². The number of carbonyl (C=O) groups is 2. The molecular formula is C18H24N6O2S2. The van der Waals surface area contributed by atoms with E-state index in [2.05, 4.69) is 27.8 Å². The molecule has 0 saturated heterocycles. The summed E-state index contributed by atoms with van der Waals surface area (Å²) in [5.41, 5.74) is 7.12. The molecule has 2 aliphatic carbocycles. The molecule has 1 unspecified atom stereocenters. The summed E-state index contributed by atoms with van der Waals surface area (Å²) in [7, 11) is 0. The Balaban J connectivity index is 1.43. The van der Waals surface area contributed by atoms with Gasteiger partial charge in [0.15, 0.2) is 0 Å². The van der Waals surface area contributed by atoms with Crippen molar-refractivity contribution in [2.75, 3.05) is 11.1 Å². The van der Waals surface area contributed by atoms with Gasteiger partial charge in [-0.2, -0.15) is 0 Å². The molecular weight excluding hydrogens is 396 g/mol. The zero-order chi connectivity index (χ0) is 19.7. The molecule has 1 fully saturated rings. The number of thioether (sulfide) groups is 1. The lowest BCUT2D eigenvalue weighted by Gasteiger charge is -2.18. The molecule has 0 radical (unpaired) electrons. The zero-order valence-electron chi connectivity index (χ0n) is 15.8. The van der Waals surface area contributed by atoms with E-state index in [0.717, 1.165) is 37.7 Å². The molecule has 3 N–H and O–H groups in total. The van der Waals surface area contributed by atoms with Gasteiger partial charge in [-0.1, -0.05) is 31.5 Å². The summed E-state index contributed by atoms with van der Waals surface area (Å²) in [5, 5.41) is 16.1.